The van der Waals surface area contributed by atoms with Crippen molar-refractivity contribution in [1.82, 2.24) is 4.98 Å². The minimum atomic E-state index is -0.0546. The zero-order valence-corrected chi connectivity index (χ0v) is 11.0. The highest BCUT2D eigenvalue weighted by atomic mass is 16.5. The average molecular weight is 263 g/mol. The monoisotopic (exact) mass is 263 g/mol. The normalized spacial score (nSPS) is 10.4. The number of benzene rings is 2. The first-order valence-corrected chi connectivity index (χ1v) is 6.31. The topological polar surface area (TPSA) is 39.2 Å². The van der Waals surface area contributed by atoms with Gasteiger partial charge in [-0.05, 0) is 16.8 Å². The number of hydrogen-bond donors (Lipinski definition) is 0. The summed E-state index contributed by atoms with van der Waals surface area (Å²) in [6.07, 6.45) is 3.15. The van der Waals surface area contributed by atoms with Crippen molar-refractivity contribution in [2.24, 2.45) is 0 Å². The summed E-state index contributed by atoms with van der Waals surface area (Å²) in [6.45, 7) is 0. The number of methoxy groups -OCH3 is 1. The lowest BCUT2D eigenvalue weighted by atomic mass is 9.97. The Bertz CT molecular complexity index is 775. The number of pyridine rings is 1. The van der Waals surface area contributed by atoms with Gasteiger partial charge in [0.15, 0.2) is 5.78 Å². The van der Waals surface area contributed by atoms with Crippen LogP contribution in [0.4, 0.5) is 0 Å². The first kappa shape index (κ1) is 12.4. The molecule has 3 nitrogen and oxygen atoms in total. The van der Waals surface area contributed by atoms with Crippen molar-refractivity contribution in [1.29, 1.82) is 0 Å². The fraction of sp³-hybridized carbons (Fsp3) is 0.0588. The predicted molar refractivity (Wildman–Crippen MR) is 78.2 cm³/mol. The second kappa shape index (κ2) is 5.13. The lowest BCUT2D eigenvalue weighted by Gasteiger charge is -2.09. The van der Waals surface area contributed by atoms with Crippen molar-refractivity contribution < 1.29 is 9.53 Å². The summed E-state index contributed by atoms with van der Waals surface area (Å²) < 4.78 is 5.22. The molecule has 0 fully saturated rings. The van der Waals surface area contributed by atoms with Crippen LogP contribution >= 0.6 is 0 Å². The Kier molecular flexibility index (Phi) is 3.17. The highest BCUT2D eigenvalue weighted by Gasteiger charge is 2.16. The molecule has 0 aliphatic carbocycles. The van der Waals surface area contributed by atoms with Gasteiger partial charge in [0.05, 0.1) is 18.9 Å². The predicted octanol–water partition coefficient (Wildman–Crippen LogP) is 3.47. The number of ether oxygens (including phenoxy) is 1. The van der Waals surface area contributed by atoms with Crippen LogP contribution in [-0.2, 0) is 0 Å². The van der Waals surface area contributed by atoms with Crippen molar-refractivity contribution in [2.75, 3.05) is 7.11 Å². The molecule has 1 aromatic heterocycles. The quantitative estimate of drug-likeness (QED) is 0.679. The molecule has 0 aliphatic rings. The fourth-order valence-electron chi connectivity index (χ4n) is 2.30. The van der Waals surface area contributed by atoms with Gasteiger partial charge in [-0.1, -0.05) is 42.5 Å². The fourth-order valence-corrected chi connectivity index (χ4v) is 2.30. The maximum Gasteiger partial charge on any atom is 0.197 e. The van der Waals surface area contributed by atoms with Gasteiger partial charge in [-0.2, -0.15) is 0 Å². The Morgan fingerprint density at radius 2 is 1.80 bits per heavy atom. The van der Waals surface area contributed by atoms with Crippen LogP contribution in [0.15, 0.2) is 60.9 Å². The zero-order valence-electron chi connectivity index (χ0n) is 11.0. The van der Waals surface area contributed by atoms with E-state index in [9.17, 15) is 4.79 Å². The molecule has 98 valence electrons. The maximum absolute atomic E-state index is 12.7. The minimum absolute atomic E-state index is 0.0546. The van der Waals surface area contributed by atoms with Crippen molar-refractivity contribution in [3.8, 4) is 5.75 Å². The van der Waals surface area contributed by atoms with E-state index in [1.165, 1.54) is 7.11 Å². The molecule has 0 aliphatic heterocycles. The van der Waals surface area contributed by atoms with Crippen molar-refractivity contribution >= 4 is 16.6 Å². The number of ketones is 1. The van der Waals surface area contributed by atoms with E-state index in [-0.39, 0.29) is 5.78 Å². The average Bonchev–Trinajstić information content (AvgIpc) is 2.53. The summed E-state index contributed by atoms with van der Waals surface area (Å²) in [5, 5.41) is 1.99. The van der Waals surface area contributed by atoms with E-state index in [4.69, 9.17) is 4.74 Å². The Hall–Kier alpha value is -2.68. The Labute approximate surface area is 116 Å². The minimum Gasteiger partial charge on any atom is -0.494 e. The van der Waals surface area contributed by atoms with Gasteiger partial charge in [-0.25, -0.2) is 0 Å². The van der Waals surface area contributed by atoms with E-state index >= 15 is 0 Å². The summed E-state index contributed by atoms with van der Waals surface area (Å²) in [5.41, 5.74) is 1.20. The van der Waals surface area contributed by atoms with Gasteiger partial charge in [0, 0.05) is 11.8 Å². The van der Waals surface area contributed by atoms with Gasteiger partial charge in [0.25, 0.3) is 0 Å². The number of fused-ring (bicyclic) bond motifs is 1. The molecule has 0 unspecified atom stereocenters. The molecule has 0 amide bonds. The van der Waals surface area contributed by atoms with E-state index in [1.54, 1.807) is 18.5 Å². The maximum atomic E-state index is 12.7. The SMILES string of the molecule is COc1cnccc1C(=O)c1cccc2ccccc12. The largest absolute Gasteiger partial charge is 0.494 e. The molecule has 20 heavy (non-hydrogen) atoms. The van der Waals surface area contributed by atoms with Gasteiger partial charge in [-0.3, -0.25) is 9.78 Å². The number of aromatic nitrogens is 1. The van der Waals surface area contributed by atoms with Crippen LogP contribution < -0.4 is 4.74 Å². The van der Waals surface area contributed by atoms with E-state index < -0.39 is 0 Å². The van der Waals surface area contributed by atoms with Crippen molar-refractivity contribution in [3.05, 3.63) is 72.1 Å². The molecular formula is C17H13NO2. The van der Waals surface area contributed by atoms with Crippen molar-refractivity contribution in [3.63, 3.8) is 0 Å². The molecule has 0 spiro atoms. The summed E-state index contributed by atoms with van der Waals surface area (Å²) in [6, 6.07) is 15.3. The molecule has 1 heterocycles. The van der Waals surface area contributed by atoms with Gasteiger partial charge in [0.2, 0.25) is 0 Å². The van der Waals surface area contributed by atoms with Crippen LogP contribution in [-0.4, -0.2) is 17.9 Å². The number of hydrogen-bond acceptors (Lipinski definition) is 3. The molecule has 0 N–H and O–H groups in total. The van der Waals surface area contributed by atoms with Gasteiger partial charge >= 0.3 is 0 Å². The summed E-state index contributed by atoms with van der Waals surface area (Å²) in [7, 11) is 1.54. The summed E-state index contributed by atoms with van der Waals surface area (Å²) in [5.74, 6) is 0.437. The highest BCUT2D eigenvalue weighted by Crippen LogP contribution is 2.25. The first-order chi connectivity index (χ1) is 9.81. The van der Waals surface area contributed by atoms with Crippen LogP contribution in [0.3, 0.4) is 0 Å². The smallest absolute Gasteiger partial charge is 0.197 e. The van der Waals surface area contributed by atoms with Crippen LogP contribution in [0.1, 0.15) is 15.9 Å². The summed E-state index contributed by atoms with van der Waals surface area (Å²) in [4.78, 5) is 16.7. The molecular weight excluding hydrogens is 250 g/mol. The molecule has 0 saturated heterocycles. The number of carbonyl (C=O) groups is 1. The third-order valence-electron chi connectivity index (χ3n) is 3.28. The second-order valence-corrected chi connectivity index (χ2v) is 4.43. The van der Waals surface area contributed by atoms with Gasteiger partial charge < -0.3 is 4.74 Å². The molecule has 2 aromatic carbocycles. The Morgan fingerprint density at radius 1 is 1.00 bits per heavy atom. The molecule has 3 heteroatoms. The Morgan fingerprint density at radius 3 is 2.65 bits per heavy atom. The zero-order chi connectivity index (χ0) is 13.9. The lowest BCUT2D eigenvalue weighted by molar-refractivity contribution is 0.103. The highest BCUT2D eigenvalue weighted by molar-refractivity contribution is 6.17. The lowest BCUT2D eigenvalue weighted by Crippen LogP contribution is -2.05. The third-order valence-corrected chi connectivity index (χ3v) is 3.28. The van der Waals surface area contributed by atoms with E-state index in [0.29, 0.717) is 16.9 Å². The molecule has 0 radical (unpaired) electrons. The first-order valence-electron chi connectivity index (χ1n) is 6.31. The number of carbonyl (C=O) groups excluding carboxylic acids is 1. The molecule has 0 atom stereocenters. The third kappa shape index (κ3) is 2.03. The standard InChI is InChI=1S/C17H13NO2/c1-20-16-11-18-10-9-15(16)17(19)14-8-4-6-12-5-2-3-7-13(12)14/h2-11H,1H3. The number of nitrogens with zero attached hydrogens (tertiary/aromatic N) is 1. The molecule has 0 bridgehead atoms. The second-order valence-electron chi connectivity index (χ2n) is 4.43. The van der Waals surface area contributed by atoms with E-state index in [2.05, 4.69) is 4.98 Å². The van der Waals surface area contributed by atoms with E-state index in [1.807, 2.05) is 42.5 Å². The summed E-state index contributed by atoms with van der Waals surface area (Å²) >= 11 is 0. The van der Waals surface area contributed by atoms with E-state index in [0.717, 1.165) is 10.8 Å². The van der Waals surface area contributed by atoms with Gasteiger partial charge in [-0.15, -0.1) is 0 Å². The van der Waals surface area contributed by atoms with Crippen LogP contribution in [0.2, 0.25) is 0 Å². The number of rotatable bonds is 3. The van der Waals surface area contributed by atoms with Crippen LogP contribution in [0.5, 0.6) is 5.75 Å². The molecule has 3 rings (SSSR count). The van der Waals surface area contributed by atoms with Gasteiger partial charge in [0.1, 0.15) is 5.75 Å². The molecule has 3 aromatic rings. The van der Waals surface area contributed by atoms with Crippen molar-refractivity contribution in [2.45, 2.75) is 0 Å². The molecule has 0 saturated carbocycles. The van der Waals surface area contributed by atoms with Crippen LogP contribution in [0, 0.1) is 0 Å². The Balaban J connectivity index is 2.18. The van der Waals surface area contributed by atoms with Crippen LogP contribution in [0.25, 0.3) is 10.8 Å².